The van der Waals surface area contributed by atoms with Crippen molar-refractivity contribution in [2.24, 2.45) is 0 Å². The van der Waals surface area contributed by atoms with Crippen molar-refractivity contribution in [2.45, 2.75) is 78.6 Å². The van der Waals surface area contributed by atoms with E-state index in [0.717, 1.165) is 0 Å². The van der Waals surface area contributed by atoms with E-state index in [9.17, 15) is 0 Å². The van der Waals surface area contributed by atoms with Gasteiger partial charge in [0.25, 0.3) is 0 Å². The number of nitrogens with zero attached hydrogens (tertiary/aromatic N) is 4. The molecule has 0 aromatic carbocycles. The molecule has 3 rings (SSSR count). The van der Waals surface area contributed by atoms with Gasteiger partial charge in [0.2, 0.25) is 0 Å². The zero-order chi connectivity index (χ0) is 23.9. The highest BCUT2D eigenvalue weighted by molar-refractivity contribution is 7.15. The fourth-order valence-electron chi connectivity index (χ4n) is 2.11. The zero-order valence-corrected chi connectivity index (χ0v) is 22.3. The summed E-state index contributed by atoms with van der Waals surface area (Å²) in [6.07, 6.45) is 8.92. The summed E-state index contributed by atoms with van der Waals surface area (Å²) in [5.74, 6) is 0. The molecular formula is C24H34Cl2N4S. The van der Waals surface area contributed by atoms with Gasteiger partial charge >= 0.3 is 0 Å². The third-order valence-corrected chi connectivity index (χ3v) is 6.00. The molecular weight excluding hydrogens is 447 g/mol. The Morgan fingerprint density at radius 1 is 0.645 bits per heavy atom. The van der Waals surface area contributed by atoms with Gasteiger partial charge < -0.3 is 0 Å². The summed E-state index contributed by atoms with van der Waals surface area (Å²) in [6, 6.07) is 3.83. The molecule has 0 amide bonds. The van der Waals surface area contributed by atoms with Crippen LogP contribution in [0.25, 0.3) is 0 Å². The van der Waals surface area contributed by atoms with Crippen molar-refractivity contribution >= 4 is 34.5 Å². The number of rotatable bonds is 0. The van der Waals surface area contributed by atoms with Crippen molar-refractivity contribution in [3.05, 3.63) is 68.9 Å². The quantitative estimate of drug-likeness (QED) is 0.306. The third-order valence-electron chi connectivity index (χ3n) is 4.24. The summed E-state index contributed by atoms with van der Waals surface area (Å²) in [5, 5.41) is 0.554. The van der Waals surface area contributed by atoms with Crippen LogP contribution in [0.4, 0.5) is 0 Å². The van der Waals surface area contributed by atoms with Gasteiger partial charge in [0.1, 0.15) is 11.5 Å². The summed E-state index contributed by atoms with van der Waals surface area (Å²) >= 11 is 12.9. The molecule has 0 aliphatic heterocycles. The first-order valence-electron chi connectivity index (χ1n) is 10.1. The van der Waals surface area contributed by atoms with Crippen molar-refractivity contribution in [3.63, 3.8) is 0 Å². The van der Waals surface area contributed by atoms with E-state index in [1.54, 1.807) is 17.7 Å². The van der Waals surface area contributed by atoms with E-state index in [2.05, 4.69) is 82.2 Å². The maximum atomic E-state index is 5.67. The van der Waals surface area contributed by atoms with Crippen LogP contribution in [0, 0.1) is 0 Å². The summed E-state index contributed by atoms with van der Waals surface area (Å²) < 4.78 is 0.630. The van der Waals surface area contributed by atoms with Crippen molar-refractivity contribution in [1.82, 2.24) is 19.9 Å². The molecule has 0 saturated carbocycles. The minimum absolute atomic E-state index is 0.164. The van der Waals surface area contributed by atoms with E-state index in [4.69, 9.17) is 23.2 Å². The summed E-state index contributed by atoms with van der Waals surface area (Å²) in [5.41, 5.74) is 2.90. The van der Waals surface area contributed by atoms with E-state index in [1.807, 2.05) is 36.9 Å². The molecule has 3 aromatic heterocycles. The van der Waals surface area contributed by atoms with Gasteiger partial charge in [-0.25, -0.2) is 19.9 Å². The molecule has 0 unspecified atom stereocenters. The first-order valence-corrected chi connectivity index (χ1v) is 11.7. The predicted octanol–water partition coefficient (Wildman–Crippen LogP) is 7.90. The highest BCUT2D eigenvalue weighted by Crippen LogP contribution is 2.29. The van der Waals surface area contributed by atoms with Crippen LogP contribution in [0.15, 0.2) is 43.2 Å². The van der Waals surface area contributed by atoms with E-state index in [1.165, 1.54) is 16.0 Å². The highest BCUT2D eigenvalue weighted by atomic mass is 35.5. The fraction of sp³-hybridized carbons (Fsp3) is 0.500. The van der Waals surface area contributed by atoms with Crippen molar-refractivity contribution < 1.29 is 0 Å². The number of pyridine rings is 1. The highest BCUT2D eigenvalue weighted by Gasteiger charge is 2.16. The second-order valence-corrected chi connectivity index (χ2v) is 12.2. The Morgan fingerprint density at radius 2 is 1.19 bits per heavy atom. The average Bonchev–Trinajstić information content (AvgIpc) is 3.09. The molecule has 0 fully saturated rings. The SMILES string of the molecule is CC(C)(C)c1ccc(Cl)nc1.CC(C)(C)c1cnc(Cl)s1.CC(C)(C)c1cncnc1. The second kappa shape index (κ2) is 11.3. The number of hydrogen-bond donors (Lipinski definition) is 0. The zero-order valence-electron chi connectivity index (χ0n) is 20.0. The van der Waals surface area contributed by atoms with Gasteiger partial charge in [-0.2, -0.15) is 0 Å². The maximum absolute atomic E-state index is 5.67. The lowest BCUT2D eigenvalue weighted by Crippen LogP contribution is -2.11. The molecule has 0 atom stereocenters. The Morgan fingerprint density at radius 3 is 1.48 bits per heavy atom. The van der Waals surface area contributed by atoms with Crippen LogP contribution in [-0.4, -0.2) is 19.9 Å². The Hall–Kier alpha value is -1.56. The lowest BCUT2D eigenvalue weighted by molar-refractivity contribution is 0.584. The van der Waals surface area contributed by atoms with E-state index < -0.39 is 0 Å². The third kappa shape index (κ3) is 10.5. The molecule has 4 nitrogen and oxygen atoms in total. The molecule has 3 heterocycles. The van der Waals surface area contributed by atoms with Crippen molar-refractivity contribution in [3.8, 4) is 0 Å². The van der Waals surface area contributed by atoms with Crippen LogP contribution in [0.1, 0.15) is 78.3 Å². The molecule has 0 N–H and O–H groups in total. The minimum Gasteiger partial charge on any atom is -0.245 e. The van der Waals surface area contributed by atoms with E-state index in [-0.39, 0.29) is 16.2 Å². The van der Waals surface area contributed by atoms with Crippen LogP contribution in [-0.2, 0) is 16.2 Å². The Labute approximate surface area is 201 Å². The molecule has 170 valence electrons. The number of halogens is 2. The van der Waals surface area contributed by atoms with Gasteiger partial charge in [0.05, 0.1) is 0 Å². The van der Waals surface area contributed by atoms with Crippen LogP contribution in [0.2, 0.25) is 9.62 Å². The van der Waals surface area contributed by atoms with Crippen molar-refractivity contribution in [2.75, 3.05) is 0 Å². The van der Waals surface area contributed by atoms with Gasteiger partial charge in [-0.1, -0.05) is 91.6 Å². The molecule has 7 heteroatoms. The van der Waals surface area contributed by atoms with Gasteiger partial charge in [-0.15, -0.1) is 11.3 Å². The topological polar surface area (TPSA) is 51.6 Å². The lowest BCUT2D eigenvalue weighted by atomic mass is 9.88. The first-order chi connectivity index (χ1) is 14.1. The molecule has 0 saturated heterocycles. The van der Waals surface area contributed by atoms with Crippen LogP contribution < -0.4 is 0 Å². The van der Waals surface area contributed by atoms with Crippen LogP contribution >= 0.6 is 34.5 Å². The molecule has 0 radical (unpaired) electrons. The molecule has 0 aliphatic rings. The van der Waals surface area contributed by atoms with Gasteiger partial charge in [-0.05, 0) is 33.4 Å². The lowest BCUT2D eigenvalue weighted by Gasteiger charge is -2.17. The first kappa shape index (κ1) is 27.5. The van der Waals surface area contributed by atoms with Crippen LogP contribution in [0.3, 0.4) is 0 Å². The maximum Gasteiger partial charge on any atom is 0.183 e. The monoisotopic (exact) mass is 480 g/mol. The summed E-state index contributed by atoms with van der Waals surface area (Å²) in [4.78, 5) is 17.1. The van der Waals surface area contributed by atoms with Gasteiger partial charge in [-0.3, -0.25) is 0 Å². The summed E-state index contributed by atoms with van der Waals surface area (Å²) in [7, 11) is 0. The fourth-order valence-corrected chi connectivity index (χ4v) is 3.21. The number of hydrogen-bond acceptors (Lipinski definition) is 5. The number of aromatic nitrogens is 4. The smallest absolute Gasteiger partial charge is 0.183 e. The standard InChI is InChI=1S/C9H12ClN.C8H12N2.C7H10ClNS/c1-9(2,3)7-4-5-8(10)11-6-7;1-8(2,3)7-4-9-6-10-5-7;1-7(2,3)5-4-9-6(8)10-5/h4-6H,1-3H3;4-6H,1-3H3;4H,1-3H3. The minimum atomic E-state index is 0.164. The van der Waals surface area contributed by atoms with Crippen molar-refractivity contribution in [1.29, 1.82) is 0 Å². The normalized spacial score (nSPS) is 11.7. The Kier molecular flexibility index (Phi) is 10.1. The Balaban J connectivity index is 0.000000233. The molecule has 31 heavy (non-hydrogen) atoms. The molecule has 0 bridgehead atoms. The molecule has 3 aromatic rings. The molecule has 0 aliphatic carbocycles. The Bertz CT molecular complexity index is 904. The molecule has 0 spiro atoms. The largest absolute Gasteiger partial charge is 0.245 e. The van der Waals surface area contributed by atoms with E-state index >= 15 is 0 Å². The van der Waals surface area contributed by atoms with Crippen LogP contribution in [0.5, 0.6) is 0 Å². The predicted molar refractivity (Wildman–Crippen MR) is 135 cm³/mol. The average molecular weight is 482 g/mol. The van der Waals surface area contributed by atoms with Gasteiger partial charge in [0.15, 0.2) is 4.47 Å². The number of thiazole rings is 1. The summed E-state index contributed by atoms with van der Waals surface area (Å²) in [6.45, 7) is 19.3. The van der Waals surface area contributed by atoms with Gasteiger partial charge in [0, 0.05) is 29.7 Å². The van der Waals surface area contributed by atoms with E-state index in [0.29, 0.717) is 9.62 Å². The second-order valence-electron chi connectivity index (χ2n) is 10.2.